The zero-order valence-electron chi connectivity index (χ0n) is 11.3. The maximum atomic E-state index is 11.5. The first-order valence-corrected chi connectivity index (χ1v) is 7.29. The van der Waals surface area contributed by atoms with Gasteiger partial charge in [0.2, 0.25) is 0 Å². The van der Waals surface area contributed by atoms with Gasteiger partial charge in [-0.05, 0) is 19.8 Å². The minimum absolute atomic E-state index is 0.129. The van der Waals surface area contributed by atoms with Crippen LogP contribution in [0.1, 0.15) is 58.3 Å². The van der Waals surface area contributed by atoms with Crippen molar-refractivity contribution in [1.29, 1.82) is 0 Å². The Balaban J connectivity index is 1.89. The van der Waals surface area contributed by atoms with Crippen LogP contribution in [0.4, 0.5) is 0 Å². The van der Waals surface area contributed by atoms with Crippen molar-refractivity contribution in [3.05, 3.63) is 0 Å². The predicted octanol–water partition coefficient (Wildman–Crippen LogP) is 2.32. The van der Waals surface area contributed by atoms with E-state index in [-0.39, 0.29) is 6.10 Å². The number of carboxylic acids is 1. The zero-order chi connectivity index (χ0) is 13.0. The standard InChI is InChI=1S/C14H25NO3/c1-2-18-12-9-14(10-12,13(16)17)15-11-7-5-3-4-6-8-11/h11-12,15H,2-10H2,1H3,(H,16,17). The second kappa shape index (κ2) is 6.02. The van der Waals surface area contributed by atoms with Crippen molar-refractivity contribution in [3.8, 4) is 0 Å². The summed E-state index contributed by atoms with van der Waals surface area (Å²) in [6.07, 6.45) is 8.64. The average Bonchev–Trinajstić information content (AvgIpc) is 2.54. The van der Waals surface area contributed by atoms with Crippen LogP contribution in [0, 0.1) is 0 Å². The van der Waals surface area contributed by atoms with Crippen LogP contribution in [0.15, 0.2) is 0 Å². The molecule has 4 nitrogen and oxygen atoms in total. The van der Waals surface area contributed by atoms with Gasteiger partial charge < -0.3 is 9.84 Å². The SMILES string of the molecule is CCOC1CC(NC2CCCCCC2)(C(=O)O)C1. The Kier molecular flexibility index (Phi) is 4.62. The summed E-state index contributed by atoms with van der Waals surface area (Å²) in [7, 11) is 0. The number of hydrogen-bond donors (Lipinski definition) is 2. The highest BCUT2D eigenvalue weighted by Gasteiger charge is 2.51. The Morgan fingerprint density at radius 2 is 1.89 bits per heavy atom. The molecule has 0 atom stereocenters. The van der Waals surface area contributed by atoms with Gasteiger partial charge in [-0.2, -0.15) is 0 Å². The molecule has 18 heavy (non-hydrogen) atoms. The van der Waals surface area contributed by atoms with Crippen LogP contribution in [0.3, 0.4) is 0 Å². The fraction of sp³-hybridized carbons (Fsp3) is 0.929. The molecule has 0 bridgehead atoms. The van der Waals surface area contributed by atoms with Gasteiger partial charge in [-0.1, -0.05) is 25.7 Å². The summed E-state index contributed by atoms with van der Waals surface area (Å²) in [4.78, 5) is 11.5. The summed E-state index contributed by atoms with van der Waals surface area (Å²) < 4.78 is 5.49. The molecule has 0 aromatic carbocycles. The molecule has 0 spiro atoms. The maximum Gasteiger partial charge on any atom is 0.324 e. The van der Waals surface area contributed by atoms with Gasteiger partial charge >= 0.3 is 5.97 Å². The lowest BCUT2D eigenvalue weighted by Crippen LogP contribution is -2.65. The van der Waals surface area contributed by atoms with Gasteiger partial charge in [-0.3, -0.25) is 10.1 Å². The first-order valence-electron chi connectivity index (χ1n) is 7.29. The molecule has 0 aromatic rings. The van der Waals surface area contributed by atoms with Crippen molar-refractivity contribution in [2.75, 3.05) is 6.61 Å². The largest absolute Gasteiger partial charge is 0.480 e. The number of hydrogen-bond acceptors (Lipinski definition) is 3. The highest BCUT2D eigenvalue weighted by Crippen LogP contribution is 2.36. The molecule has 0 heterocycles. The molecule has 2 rings (SSSR count). The normalized spacial score (nSPS) is 33.7. The monoisotopic (exact) mass is 255 g/mol. The van der Waals surface area contributed by atoms with Gasteiger partial charge in [0.1, 0.15) is 5.54 Å². The third kappa shape index (κ3) is 3.04. The first-order chi connectivity index (χ1) is 8.66. The van der Waals surface area contributed by atoms with Crippen LogP contribution in [0.2, 0.25) is 0 Å². The highest BCUT2D eigenvalue weighted by atomic mass is 16.5. The Morgan fingerprint density at radius 1 is 1.28 bits per heavy atom. The van der Waals surface area contributed by atoms with Crippen LogP contribution in [-0.4, -0.2) is 35.4 Å². The lowest BCUT2D eigenvalue weighted by atomic mass is 9.73. The van der Waals surface area contributed by atoms with Gasteiger partial charge in [0, 0.05) is 25.5 Å². The number of carboxylic acid groups (broad SMARTS) is 1. The van der Waals surface area contributed by atoms with Crippen molar-refractivity contribution < 1.29 is 14.6 Å². The van der Waals surface area contributed by atoms with Crippen molar-refractivity contribution >= 4 is 5.97 Å². The van der Waals surface area contributed by atoms with Crippen LogP contribution >= 0.6 is 0 Å². The van der Waals surface area contributed by atoms with E-state index in [1.54, 1.807) is 0 Å². The van der Waals surface area contributed by atoms with E-state index in [0.29, 0.717) is 25.5 Å². The Bertz CT molecular complexity index is 279. The topological polar surface area (TPSA) is 58.6 Å². The molecular weight excluding hydrogens is 230 g/mol. The van der Waals surface area contributed by atoms with Gasteiger partial charge in [0.05, 0.1) is 6.10 Å². The average molecular weight is 255 g/mol. The summed E-state index contributed by atoms with van der Waals surface area (Å²) in [5, 5.41) is 12.9. The van der Waals surface area contributed by atoms with E-state index in [4.69, 9.17) is 4.74 Å². The first kappa shape index (κ1) is 13.8. The van der Waals surface area contributed by atoms with Gasteiger partial charge in [-0.15, -0.1) is 0 Å². The second-order valence-corrected chi connectivity index (χ2v) is 5.71. The number of rotatable bonds is 5. The molecule has 104 valence electrons. The van der Waals surface area contributed by atoms with E-state index in [9.17, 15) is 9.90 Å². The molecular formula is C14H25NO3. The van der Waals surface area contributed by atoms with Crippen LogP contribution in [-0.2, 0) is 9.53 Å². The van der Waals surface area contributed by atoms with Gasteiger partial charge in [0.15, 0.2) is 0 Å². The van der Waals surface area contributed by atoms with Crippen LogP contribution in [0.25, 0.3) is 0 Å². The number of ether oxygens (including phenoxy) is 1. The van der Waals surface area contributed by atoms with E-state index in [2.05, 4.69) is 5.32 Å². The zero-order valence-corrected chi connectivity index (χ0v) is 11.3. The number of aliphatic carboxylic acids is 1. The molecule has 2 aliphatic rings. The van der Waals surface area contributed by atoms with Gasteiger partial charge in [0.25, 0.3) is 0 Å². The smallest absolute Gasteiger partial charge is 0.324 e. The van der Waals surface area contributed by atoms with Crippen molar-refractivity contribution in [3.63, 3.8) is 0 Å². The lowest BCUT2D eigenvalue weighted by Gasteiger charge is -2.46. The highest BCUT2D eigenvalue weighted by molar-refractivity contribution is 5.80. The molecule has 0 radical (unpaired) electrons. The summed E-state index contributed by atoms with van der Waals surface area (Å²) in [6, 6.07) is 0.381. The van der Waals surface area contributed by atoms with Crippen LogP contribution in [0.5, 0.6) is 0 Å². The van der Waals surface area contributed by atoms with E-state index < -0.39 is 11.5 Å². The lowest BCUT2D eigenvalue weighted by molar-refractivity contribution is -0.158. The number of carbonyl (C=O) groups is 1. The Labute approximate surface area is 109 Å². The fourth-order valence-electron chi connectivity index (χ4n) is 3.24. The third-order valence-corrected chi connectivity index (χ3v) is 4.30. The van der Waals surface area contributed by atoms with Crippen molar-refractivity contribution in [2.24, 2.45) is 0 Å². The second-order valence-electron chi connectivity index (χ2n) is 5.71. The van der Waals surface area contributed by atoms with E-state index in [0.717, 1.165) is 12.8 Å². The summed E-state index contributed by atoms with van der Waals surface area (Å²) >= 11 is 0. The molecule has 2 aliphatic carbocycles. The molecule has 0 saturated heterocycles. The van der Waals surface area contributed by atoms with Crippen LogP contribution < -0.4 is 5.32 Å². The van der Waals surface area contributed by atoms with Gasteiger partial charge in [-0.25, -0.2) is 0 Å². The van der Waals surface area contributed by atoms with Crippen molar-refractivity contribution in [1.82, 2.24) is 5.32 Å². The summed E-state index contributed by atoms with van der Waals surface area (Å²) in [5.74, 6) is -0.706. The fourth-order valence-corrected chi connectivity index (χ4v) is 3.24. The Hall–Kier alpha value is -0.610. The summed E-state index contributed by atoms with van der Waals surface area (Å²) in [6.45, 7) is 2.63. The number of nitrogens with one attached hydrogen (secondary N) is 1. The summed E-state index contributed by atoms with van der Waals surface area (Å²) in [5.41, 5.74) is -0.713. The van der Waals surface area contributed by atoms with E-state index in [1.165, 1.54) is 25.7 Å². The van der Waals surface area contributed by atoms with Crippen molar-refractivity contribution in [2.45, 2.75) is 76.0 Å². The maximum absolute atomic E-state index is 11.5. The molecule has 2 N–H and O–H groups in total. The molecule has 0 unspecified atom stereocenters. The molecule has 0 amide bonds. The minimum Gasteiger partial charge on any atom is -0.480 e. The predicted molar refractivity (Wildman–Crippen MR) is 69.6 cm³/mol. The molecule has 0 aromatic heterocycles. The third-order valence-electron chi connectivity index (χ3n) is 4.30. The van der Waals surface area contributed by atoms with E-state index in [1.807, 2.05) is 6.92 Å². The minimum atomic E-state index is -0.713. The molecule has 2 fully saturated rings. The Morgan fingerprint density at radius 3 is 2.39 bits per heavy atom. The molecule has 4 heteroatoms. The quantitative estimate of drug-likeness (QED) is 0.740. The molecule has 2 saturated carbocycles. The molecule has 0 aliphatic heterocycles. The van der Waals surface area contributed by atoms with E-state index >= 15 is 0 Å².